The Labute approximate surface area is 102 Å². The summed E-state index contributed by atoms with van der Waals surface area (Å²) in [6.07, 6.45) is 2.72. The normalized spacial score (nSPS) is 16.6. The van der Waals surface area contributed by atoms with Crippen molar-refractivity contribution in [1.29, 1.82) is 0 Å². The Morgan fingerprint density at radius 3 is 2.76 bits per heavy atom. The Morgan fingerprint density at radius 2 is 2.06 bits per heavy atom. The molecule has 1 saturated carbocycles. The molecular weight excluding hydrogens is 210 g/mol. The third-order valence-electron chi connectivity index (χ3n) is 3.79. The van der Waals surface area contributed by atoms with Gasteiger partial charge in [0.25, 0.3) is 0 Å². The summed E-state index contributed by atoms with van der Waals surface area (Å²) in [4.78, 5) is 0. The van der Waals surface area contributed by atoms with E-state index >= 15 is 0 Å². The number of fused-ring (bicyclic) bond motifs is 1. The topological polar surface area (TPSA) is 25.2 Å². The fraction of sp³-hybridized carbons (Fsp3) is 0.467. The molecule has 17 heavy (non-hydrogen) atoms. The lowest BCUT2D eigenvalue weighted by Crippen LogP contribution is -2.40. The Balaban J connectivity index is 1.72. The molecule has 1 aliphatic carbocycles. The SMILES string of the molecule is CC(C)(NCc1cc2ccccc2o1)C1CC1. The molecule has 1 aliphatic rings. The van der Waals surface area contributed by atoms with Crippen LogP contribution in [0.3, 0.4) is 0 Å². The monoisotopic (exact) mass is 229 g/mol. The van der Waals surface area contributed by atoms with Gasteiger partial charge in [-0.15, -0.1) is 0 Å². The van der Waals surface area contributed by atoms with Crippen molar-refractivity contribution in [2.24, 2.45) is 5.92 Å². The first-order chi connectivity index (χ1) is 8.15. The van der Waals surface area contributed by atoms with Crippen LogP contribution in [0.5, 0.6) is 0 Å². The van der Waals surface area contributed by atoms with Gasteiger partial charge in [-0.05, 0) is 44.7 Å². The molecule has 1 heterocycles. The molecule has 1 aromatic carbocycles. The lowest BCUT2D eigenvalue weighted by molar-refractivity contribution is 0.325. The van der Waals surface area contributed by atoms with Gasteiger partial charge >= 0.3 is 0 Å². The van der Waals surface area contributed by atoms with Gasteiger partial charge in [-0.2, -0.15) is 0 Å². The molecule has 2 heteroatoms. The van der Waals surface area contributed by atoms with Crippen molar-refractivity contribution in [3.63, 3.8) is 0 Å². The highest BCUT2D eigenvalue weighted by Crippen LogP contribution is 2.39. The van der Waals surface area contributed by atoms with Crippen molar-refractivity contribution in [2.75, 3.05) is 0 Å². The number of hydrogen-bond donors (Lipinski definition) is 1. The molecule has 1 N–H and O–H groups in total. The molecule has 1 fully saturated rings. The van der Waals surface area contributed by atoms with Crippen LogP contribution < -0.4 is 5.32 Å². The highest BCUT2D eigenvalue weighted by molar-refractivity contribution is 5.77. The third-order valence-corrected chi connectivity index (χ3v) is 3.79. The molecule has 2 nitrogen and oxygen atoms in total. The Kier molecular flexibility index (Phi) is 2.48. The number of para-hydroxylation sites is 1. The standard InChI is InChI=1S/C15H19NO/c1-15(2,12-7-8-12)16-10-13-9-11-5-3-4-6-14(11)17-13/h3-6,9,12,16H,7-8,10H2,1-2H3. The smallest absolute Gasteiger partial charge is 0.134 e. The maximum atomic E-state index is 5.80. The summed E-state index contributed by atoms with van der Waals surface area (Å²) in [7, 11) is 0. The first-order valence-corrected chi connectivity index (χ1v) is 6.38. The Morgan fingerprint density at radius 1 is 1.29 bits per heavy atom. The average molecular weight is 229 g/mol. The van der Waals surface area contributed by atoms with Crippen molar-refractivity contribution < 1.29 is 4.42 Å². The molecule has 0 atom stereocenters. The van der Waals surface area contributed by atoms with E-state index < -0.39 is 0 Å². The number of furan rings is 1. The number of rotatable bonds is 4. The first-order valence-electron chi connectivity index (χ1n) is 6.38. The van der Waals surface area contributed by atoms with Crippen LogP contribution >= 0.6 is 0 Å². The van der Waals surface area contributed by atoms with Gasteiger partial charge in [0, 0.05) is 10.9 Å². The van der Waals surface area contributed by atoms with Gasteiger partial charge in [0.15, 0.2) is 0 Å². The highest BCUT2D eigenvalue weighted by Gasteiger charge is 2.37. The van der Waals surface area contributed by atoms with Crippen LogP contribution in [0.2, 0.25) is 0 Å². The summed E-state index contributed by atoms with van der Waals surface area (Å²) in [5.74, 6) is 1.87. The summed E-state index contributed by atoms with van der Waals surface area (Å²) >= 11 is 0. The van der Waals surface area contributed by atoms with Crippen LogP contribution in [0.25, 0.3) is 11.0 Å². The zero-order chi connectivity index (χ0) is 11.9. The van der Waals surface area contributed by atoms with Crippen LogP contribution in [0.1, 0.15) is 32.4 Å². The molecule has 90 valence electrons. The van der Waals surface area contributed by atoms with E-state index in [0.717, 1.165) is 23.8 Å². The molecule has 1 aromatic heterocycles. The van der Waals surface area contributed by atoms with E-state index in [4.69, 9.17) is 4.42 Å². The van der Waals surface area contributed by atoms with Crippen molar-refractivity contribution in [2.45, 2.75) is 38.8 Å². The maximum absolute atomic E-state index is 5.80. The molecule has 3 rings (SSSR count). The van der Waals surface area contributed by atoms with Gasteiger partial charge in [0.05, 0.1) is 6.54 Å². The van der Waals surface area contributed by atoms with Gasteiger partial charge in [0.1, 0.15) is 11.3 Å². The zero-order valence-corrected chi connectivity index (χ0v) is 10.5. The van der Waals surface area contributed by atoms with Gasteiger partial charge in [-0.1, -0.05) is 18.2 Å². The maximum Gasteiger partial charge on any atom is 0.134 e. The molecule has 2 aromatic rings. The van der Waals surface area contributed by atoms with Crippen LogP contribution in [0.15, 0.2) is 34.7 Å². The number of nitrogens with one attached hydrogen (secondary N) is 1. The summed E-state index contributed by atoms with van der Waals surface area (Å²) in [5, 5.41) is 4.79. The van der Waals surface area contributed by atoms with Crippen LogP contribution in [0, 0.1) is 5.92 Å². The van der Waals surface area contributed by atoms with Crippen LogP contribution in [0.4, 0.5) is 0 Å². The van der Waals surface area contributed by atoms with Gasteiger partial charge in [-0.3, -0.25) is 0 Å². The van der Waals surface area contributed by atoms with E-state index in [0.29, 0.717) is 0 Å². The van der Waals surface area contributed by atoms with Crippen molar-refractivity contribution >= 4 is 11.0 Å². The van der Waals surface area contributed by atoms with Crippen LogP contribution in [-0.2, 0) is 6.54 Å². The largest absolute Gasteiger partial charge is 0.460 e. The average Bonchev–Trinajstić information content (AvgIpc) is 3.07. The molecule has 0 saturated heterocycles. The molecule has 0 amide bonds. The quantitative estimate of drug-likeness (QED) is 0.864. The molecule has 0 radical (unpaired) electrons. The van der Waals surface area contributed by atoms with E-state index in [2.05, 4.69) is 31.3 Å². The van der Waals surface area contributed by atoms with E-state index in [1.807, 2.05) is 18.2 Å². The minimum atomic E-state index is 0.235. The minimum absolute atomic E-state index is 0.235. The molecular formula is C15H19NO. The van der Waals surface area contributed by atoms with Crippen LogP contribution in [-0.4, -0.2) is 5.54 Å². The number of hydrogen-bond acceptors (Lipinski definition) is 2. The fourth-order valence-electron chi connectivity index (χ4n) is 2.39. The second-order valence-corrected chi connectivity index (χ2v) is 5.60. The Bertz CT molecular complexity index is 489. The second kappa shape index (κ2) is 3.88. The first kappa shape index (κ1) is 10.8. The van der Waals surface area contributed by atoms with Gasteiger partial charge in [-0.25, -0.2) is 0 Å². The zero-order valence-electron chi connectivity index (χ0n) is 10.5. The fourth-order valence-corrected chi connectivity index (χ4v) is 2.39. The van der Waals surface area contributed by atoms with Crippen molar-refractivity contribution in [3.8, 4) is 0 Å². The summed E-state index contributed by atoms with van der Waals surface area (Å²) in [5.41, 5.74) is 1.22. The third kappa shape index (κ3) is 2.22. The minimum Gasteiger partial charge on any atom is -0.460 e. The van der Waals surface area contributed by atoms with Crippen molar-refractivity contribution in [3.05, 3.63) is 36.1 Å². The number of benzene rings is 1. The van der Waals surface area contributed by atoms with Crippen molar-refractivity contribution in [1.82, 2.24) is 5.32 Å². The molecule has 0 spiro atoms. The predicted octanol–water partition coefficient (Wildman–Crippen LogP) is 3.71. The molecule has 0 unspecified atom stereocenters. The summed E-state index contributed by atoms with van der Waals surface area (Å²) in [6.45, 7) is 5.39. The summed E-state index contributed by atoms with van der Waals surface area (Å²) < 4.78 is 5.80. The second-order valence-electron chi connectivity index (χ2n) is 5.60. The van der Waals surface area contributed by atoms with Gasteiger partial charge in [0.2, 0.25) is 0 Å². The Hall–Kier alpha value is -1.28. The predicted molar refractivity (Wildman–Crippen MR) is 69.9 cm³/mol. The lowest BCUT2D eigenvalue weighted by atomic mass is 9.99. The van der Waals surface area contributed by atoms with E-state index in [1.54, 1.807) is 0 Å². The molecule has 0 aliphatic heterocycles. The molecule has 0 bridgehead atoms. The summed E-state index contributed by atoms with van der Waals surface area (Å²) in [6, 6.07) is 10.3. The highest BCUT2D eigenvalue weighted by atomic mass is 16.3. The lowest BCUT2D eigenvalue weighted by Gasteiger charge is -2.25. The van der Waals surface area contributed by atoms with Gasteiger partial charge < -0.3 is 9.73 Å². The van der Waals surface area contributed by atoms with E-state index in [1.165, 1.54) is 18.2 Å². The van der Waals surface area contributed by atoms with E-state index in [-0.39, 0.29) is 5.54 Å². The van der Waals surface area contributed by atoms with E-state index in [9.17, 15) is 0 Å².